The van der Waals surface area contributed by atoms with E-state index < -0.39 is 20.5 Å². The summed E-state index contributed by atoms with van der Waals surface area (Å²) in [7, 11) is -3.98. The van der Waals surface area contributed by atoms with Gasteiger partial charge in [-0.15, -0.1) is 0 Å². The first kappa shape index (κ1) is 14.2. The van der Waals surface area contributed by atoms with Crippen LogP contribution in [-0.4, -0.2) is 43.5 Å². The van der Waals surface area contributed by atoms with Gasteiger partial charge < -0.3 is 4.74 Å². The summed E-state index contributed by atoms with van der Waals surface area (Å²) in [5.74, 6) is 0.0937. The van der Waals surface area contributed by atoms with Crippen molar-refractivity contribution in [3.8, 4) is 5.75 Å². The van der Waals surface area contributed by atoms with Crippen molar-refractivity contribution in [2.75, 3.05) is 19.6 Å². The van der Waals surface area contributed by atoms with E-state index in [9.17, 15) is 18.5 Å². The third kappa shape index (κ3) is 2.59. The van der Waals surface area contributed by atoms with E-state index >= 15 is 0 Å². The summed E-state index contributed by atoms with van der Waals surface area (Å²) in [6, 6.07) is 3.49. The smallest absolute Gasteiger partial charge is 0.312 e. The van der Waals surface area contributed by atoms with E-state index in [0.29, 0.717) is 0 Å². The summed E-state index contributed by atoms with van der Waals surface area (Å²) in [6.07, 6.45) is 1.64. The lowest BCUT2D eigenvalue weighted by Crippen LogP contribution is -2.34. The number of nitro groups is 1. The molecule has 9 heteroatoms. The summed E-state index contributed by atoms with van der Waals surface area (Å²) in [5.41, 5.74) is -0.769. The molecule has 0 saturated carbocycles. The van der Waals surface area contributed by atoms with Crippen LogP contribution in [0.2, 0.25) is 0 Å². The lowest BCUT2D eigenvalue weighted by molar-refractivity contribution is -0.386. The topological polar surface area (TPSA) is 116 Å². The molecule has 2 saturated heterocycles. The second-order valence-corrected chi connectivity index (χ2v) is 7.05. The Morgan fingerprint density at radius 1 is 1.33 bits per heavy atom. The first-order chi connectivity index (χ1) is 9.79. The lowest BCUT2D eigenvalue weighted by atomic mass is 9.99. The quantitative estimate of drug-likeness (QED) is 0.638. The van der Waals surface area contributed by atoms with Crippen molar-refractivity contribution >= 4 is 15.7 Å². The zero-order chi connectivity index (χ0) is 15.3. The maximum absolute atomic E-state index is 11.3. The molecule has 1 aromatic rings. The highest BCUT2D eigenvalue weighted by molar-refractivity contribution is 7.89. The van der Waals surface area contributed by atoms with Gasteiger partial charge in [-0.3, -0.25) is 15.0 Å². The van der Waals surface area contributed by atoms with Gasteiger partial charge >= 0.3 is 5.69 Å². The maximum Gasteiger partial charge on any atom is 0.312 e. The average molecular weight is 313 g/mol. The number of rotatable bonds is 4. The Bertz CT molecular complexity index is 695. The van der Waals surface area contributed by atoms with Crippen molar-refractivity contribution < 1.29 is 18.1 Å². The van der Waals surface area contributed by atoms with Crippen LogP contribution in [0.3, 0.4) is 0 Å². The number of nitrogens with zero attached hydrogens (tertiary/aromatic N) is 2. The van der Waals surface area contributed by atoms with Gasteiger partial charge in [-0.1, -0.05) is 0 Å². The van der Waals surface area contributed by atoms with Crippen LogP contribution in [0, 0.1) is 10.1 Å². The highest BCUT2D eigenvalue weighted by Gasteiger charge is 2.46. The van der Waals surface area contributed by atoms with Crippen molar-refractivity contribution in [1.29, 1.82) is 0 Å². The maximum atomic E-state index is 11.3. The minimum Gasteiger partial charge on any atom is -0.479 e. The predicted molar refractivity (Wildman–Crippen MR) is 73.5 cm³/mol. The number of hydrogen-bond acceptors (Lipinski definition) is 6. The molecule has 3 rings (SSSR count). The number of nitrogens with two attached hydrogens (primary N) is 1. The van der Waals surface area contributed by atoms with E-state index in [1.165, 1.54) is 12.1 Å². The van der Waals surface area contributed by atoms with E-state index in [1.807, 2.05) is 0 Å². The SMILES string of the molecule is NS(=O)(=O)c1ccc(OC23CCN(CC2)C3)c([N+](=O)[O-])c1. The summed E-state index contributed by atoms with van der Waals surface area (Å²) < 4.78 is 28.5. The van der Waals surface area contributed by atoms with Gasteiger partial charge in [0.2, 0.25) is 10.0 Å². The van der Waals surface area contributed by atoms with Gasteiger partial charge in [0.1, 0.15) is 5.60 Å². The number of piperidine rings is 1. The first-order valence-electron chi connectivity index (χ1n) is 6.52. The zero-order valence-corrected chi connectivity index (χ0v) is 12.0. The molecule has 0 unspecified atom stereocenters. The highest BCUT2D eigenvalue weighted by Crippen LogP contribution is 2.40. The van der Waals surface area contributed by atoms with E-state index in [-0.39, 0.29) is 16.3 Å². The molecule has 2 aliphatic rings. The van der Waals surface area contributed by atoms with E-state index in [4.69, 9.17) is 9.88 Å². The molecule has 8 nitrogen and oxygen atoms in total. The Hall–Kier alpha value is -1.71. The van der Waals surface area contributed by atoms with Gasteiger partial charge in [-0.25, -0.2) is 13.6 Å². The average Bonchev–Trinajstić information content (AvgIpc) is 2.97. The number of nitro benzene ring substituents is 1. The molecule has 0 amide bonds. The highest BCUT2D eigenvalue weighted by atomic mass is 32.2. The van der Waals surface area contributed by atoms with E-state index in [0.717, 1.165) is 38.5 Å². The fourth-order valence-electron chi connectivity index (χ4n) is 2.96. The summed E-state index contributed by atoms with van der Waals surface area (Å²) >= 11 is 0. The molecule has 2 N–H and O–H groups in total. The van der Waals surface area contributed by atoms with Crippen LogP contribution in [0.5, 0.6) is 5.75 Å². The summed E-state index contributed by atoms with van der Waals surface area (Å²) in [4.78, 5) is 12.5. The predicted octanol–water partition coefficient (Wildman–Crippen LogP) is 0.469. The molecule has 2 aliphatic heterocycles. The van der Waals surface area contributed by atoms with Gasteiger partial charge in [0.15, 0.2) is 5.75 Å². The molecule has 0 aromatic heterocycles. The Morgan fingerprint density at radius 3 is 2.48 bits per heavy atom. The third-order valence-electron chi connectivity index (χ3n) is 4.06. The molecule has 2 fully saturated rings. The molecular formula is C12H15N3O5S. The molecule has 0 atom stereocenters. The monoisotopic (exact) mass is 313 g/mol. The van der Waals surface area contributed by atoms with Gasteiger partial charge in [-0.2, -0.15) is 0 Å². The number of benzene rings is 1. The fraction of sp³-hybridized carbons (Fsp3) is 0.500. The van der Waals surface area contributed by atoms with Crippen LogP contribution >= 0.6 is 0 Å². The number of ether oxygens (including phenoxy) is 1. The van der Waals surface area contributed by atoms with Crippen molar-refractivity contribution in [1.82, 2.24) is 4.90 Å². The van der Waals surface area contributed by atoms with E-state index in [2.05, 4.69) is 4.90 Å². The molecule has 2 heterocycles. The Labute approximate surface area is 121 Å². The van der Waals surface area contributed by atoms with E-state index in [1.54, 1.807) is 0 Å². The van der Waals surface area contributed by atoms with Crippen molar-refractivity contribution in [3.63, 3.8) is 0 Å². The van der Waals surface area contributed by atoms with Crippen LogP contribution in [0.4, 0.5) is 5.69 Å². The molecule has 2 bridgehead atoms. The van der Waals surface area contributed by atoms with Gasteiger partial charge in [0.25, 0.3) is 0 Å². The normalized spacial score (nSPS) is 27.8. The molecule has 21 heavy (non-hydrogen) atoms. The summed E-state index contributed by atoms with van der Waals surface area (Å²) in [5, 5.41) is 16.2. The Kier molecular flexibility index (Phi) is 3.15. The minimum absolute atomic E-state index is 0.0937. The van der Waals surface area contributed by atoms with Crippen LogP contribution < -0.4 is 9.88 Å². The lowest BCUT2D eigenvalue weighted by Gasteiger charge is -2.26. The fourth-order valence-corrected chi connectivity index (χ4v) is 3.49. The Morgan fingerprint density at radius 2 is 2.00 bits per heavy atom. The van der Waals surface area contributed by atoms with Crippen molar-refractivity contribution in [3.05, 3.63) is 28.3 Å². The molecule has 0 radical (unpaired) electrons. The van der Waals surface area contributed by atoms with Crippen molar-refractivity contribution in [2.45, 2.75) is 23.3 Å². The molecular weight excluding hydrogens is 298 g/mol. The zero-order valence-electron chi connectivity index (χ0n) is 11.2. The van der Waals surface area contributed by atoms with Crippen LogP contribution in [0.25, 0.3) is 0 Å². The standard InChI is InChI=1S/C12H15N3O5S/c13-21(18,19)9-1-2-11(10(7-9)15(16)17)20-12-3-5-14(8-12)6-4-12/h1-2,7H,3-6,8H2,(H2,13,18,19). The number of sulfonamides is 1. The summed E-state index contributed by atoms with van der Waals surface area (Å²) in [6.45, 7) is 2.59. The molecule has 1 aromatic carbocycles. The molecule has 0 spiro atoms. The molecule has 0 aliphatic carbocycles. The van der Waals surface area contributed by atoms with Gasteiger partial charge in [0, 0.05) is 38.5 Å². The minimum atomic E-state index is -3.98. The van der Waals surface area contributed by atoms with Gasteiger partial charge in [0.05, 0.1) is 9.82 Å². The van der Waals surface area contributed by atoms with Crippen molar-refractivity contribution in [2.24, 2.45) is 5.14 Å². The number of hydrogen-bond donors (Lipinski definition) is 1. The van der Waals surface area contributed by atoms with Crippen LogP contribution in [0.1, 0.15) is 12.8 Å². The number of fused-ring (bicyclic) bond motifs is 2. The van der Waals surface area contributed by atoms with Gasteiger partial charge in [-0.05, 0) is 12.1 Å². The third-order valence-corrected chi connectivity index (χ3v) is 4.97. The largest absolute Gasteiger partial charge is 0.479 e. The molecule has 114 valence electrons. The van der Waals surface area contributed by atoms with Crippen LogP contribution in [0.15, 0.2) is 23.1 Å². The second-order valence-electron chi connectivity index (χ2n) is 5.49. The first-order valence-corrected chi connectivity index (χ1v) is 8.06. The Balaban J connectivity index is 1.97. The van der Waals surface area contributed by atoms with Crippen LogP contribution in [-0.2, 0) is 10.0 Å². The second kappa shape index (κ2) is 4.65. The number of primary sulfonamides is 1.